The Kier molecular flexibility index (Phi) is 4.23. The predicted octanol–water partition coefficient (Wildman–Crippen LogP) is 2.91. The molecule has 0 aliphatic heterocycles. The van der Waals surface area contributed by atoms with Gasteiger partial charge in [0.2, 0.25) is 0 Å². The number of aromatic nitrogens is 3. The molecule has 1 N–H and O–H groups in total. The summed E-state index contributed by atoms with van der Waals surface area (Å²) in [4.78, 5) is 16.7. The minimum absolute atomic E-state index is 0.175. The zero-order valence-corrected chi connectivity index (χ0v) is 12.8. The number of anilines is 1. The van der Waals surface area contributed by atoms with E-state index in [9.17, 15) is 4.79 Å². The largest absolute Gasteiger partial charge is 0.306 e. The standard InChI is InChI=1S/C11H11IN4OS/c1-6(2)9-10(18-16-15-9)11(17)14-8-4-3-7(12)5-13-8/h3-6H,1-2H3,(H,13,14,17). The monoisotopic (exact) mass is 374 g/mol. The maximum Gasteiger partial charge on any atom is 0.270 e. The van der Waals surface area contributed by atoms with Gasteiger partial charge in [-0.05, 0) is 52.2 Å². The number of carbonyl (C=O) groups excluding carboxylic acids is 1. The fourth-order valence-electron chi connectivity index (χ4n) is 1.36. The summed E-state index contributed by atoms with van der Waals surface area (Å²) in [5.74, 6) is 0.500. The number of nitrogens with zero attached hydrogens (tertiary/aromatic N) is 3. The molecule has 7 heteroatoms. The highest BCUT2D eigenvalue weighted by molar-refractivity contribution is 14.1. The Balaban J connectivity index is 2.17. The fraction of sp³-hybridized carbons (Fsp3) is 0.273. The molecule has 0 radical (unpaired) electrons. The maximum atomic E-state index is 12.1. The van der Waals surface area contributed by atoms with Gasteiger partial charge < -0.3 is 5.32 Å². The Bertz CT molecular complexity index is 552. The van der Waals surface area contributed by atoms with E-state index in [2.05, 4.69) is 42.5 Å². The molecule has 0 aromatic carbocycles. The number of rotatable bonds is 3. The minimum Gasteiger partial charge on any atom is -0.306 e. The van der Waals surface area contributed by atoms with E-state index < -0.39 is 0 Å². The first-order valence-corrected chi connectivity index (χ1v) is 7.18. The quantitative estimate of drug-likeness (QED) is 0.839. The number of amides is 1. The van der Waals surface area contributed by atoms with Gasteiger partial charge in [-0.2, -0.15) is 0 Å². The van der Waals surface area contributed by atoms with Gasteiger partial charge in [-0.3, -0.25) is 4.79 Å². The van der Waals surface area contributed by atoms with Crippen LogP contribution in [0.25, 0.3) is 0 Å². The van der Waals surface area contributed by atoms with Crippen LogP contribution in [0.2, 0.25) is 0 Å². The third-order valence-corrected chi connectivity index (χ3v) is 3.61. The molecule has 2 aromatic rings. The van der Waals surface area contributed by atoms with Crippen molar-refractivity contribution < 1.29 is 4.79 Å². The van der Waals surface area contributed by atoms with Gasteiger partial charge in [0.25, 0.3) is 5.91 Å². The van der Waals surface area contributed by atoms with Crippen LogP contribution in [0.15, 0.2) is 18.3 Å². The summed E-state index contributed by atoms with van der Waals surface area (Å²) in [7, 11) is 0. The summed E-state index contributed by atoms with van der Waals surface area (Å²) in [6.07, 6.45) is 1.70. The highest BCUT2D eigenvalue weighted by Crippen LogP contribution is 2.20. The minimum atomic E-state index is -0.206. The van der Waals surface area contributed by atoms with Crippen molar-refractivity contribution >= 4 is 45.8 Å². The molecule has 0 saturated carbocycles. The Hall–Kier alpha value is -1.09. The zero-order valence-electron chi connectivity index (χ0n) is 9.85. The van der Waals surface area contributed by atoms with Crippen molar-refractivity contribution in [2.24, 2.45) is 0 Å². The van der Waals surface area contributed by atoms with Crippen molar-refractivity contribution in [2.45, 2.75) is 19.8 Å². The van der Waals surface area contributed by atoms with Crippen LogP contribution in [0, 0.1) is 3.57 Å². The van der Waals surface area contributed by atoms with Gasteiger partial charge in [0, 0.05) is 9.77 Å². The van der Waals surface area contributed by atoms with Crippen molar-refractivity contribution in [1.82, 2.24) is 14.6 Å². The van der Waals surface area contributed by atoms with E-state index in [0.717, 1.165) is 20.8 Å². The summed E-state index contributed by atoms with van der Waals surface area (Å²) in [6.45, 7) is 3.97. The van der Waals surface area contributed by atoms with Gasteiger partial charge in [-0.1, -0.05) is 18.3 Å². The van der Waals surface area contributed by atoms with Crippen molar-refractivity contribution in [2.75, 3.05) is 5.32 Å². The number of pyridine rings is 1. The molecule has 0 bridgehead atoms. The predicted molar refractivity (Wildman–Crippen MR) is 78.9 cm³/mol. The van der Waals surface area contributed by atoms with Gasteiger partial charge in [-0.25, -0.2) is 4.98 Å². The summed E-state index contributed by atoms with van der Waals surface area (Å²) in [5, 5.41) is 6.72. The molecule has 0 spiro atoms. The van der Waals surface area contributed by atoms with Gasteiger partial charge in [-0.15, -0.1) is 5.10 Å². The van der Waals surface area contributed by atoms with Gasteiger partial charge >= 0.3 is 0 Å². The third-order valence-electron chi connectivity index (χ3n) is 2.24. The van der Waals surface area contributed by atoms with Crippen LogP contribution in [0.1, 0.15) is 35.1 Å². The Morgan fingerprint density at radius 3 is 2.83 bits per heavy atom. The van der Waals surface area contributed by atoms with Gasteiger partial charge in [0.05, 0.1) is 5.69 Å². The maximum absolute atomic E-state index is 12.1. The highest BCUT2D eigenvalue weighted by atomic mass is 127. The third kappa shape index (κ3) is 3.02. The second kappa shape index (κ2) is 5.70. The molecule has 18 heavy (non-hydrogen) atoms. The van der Waals surface area contributed by atoms with Crippen LogP contribution in [-0.2, 0) is 0 Å². The fourth-order valence-corrected chi connectivity index (χ4v) is 2.39. The zero-order chi connectivity index (χ0) is 13.1. The molecular weight excluding hydrogens is 363 g/mol. The molecule has 2 rings (SSSR count). The number of hydrogen-bond acceptors (Lipinski definition) is 5. The molecule has 94 valence electrons. The molecule has 0 fully saturated rings. The molecule has 0 aliphatic rings. The molecule has 0 saturated heterocycles. The lowest BCUT2D eigenvalue weighted by Crippen LogP contribution is -2.14. The molecule has 0 unspecified atom stereocenters. The van der Waals surface area contributed by atoms with Crippen LogP contribution in [0.3, 0.4) is 0 Å². The normalized spacial score (nSPS) is 10.7. The first-order valence-electron chi connectivity index (χ1n) is 5.33. The molecule has 0 aliphatic carbocycles. The average molecular weight is 374 g/mol. The molecule has 0 atom stereocenters. The molecular formula is C11H11IN4OS. The van der Waals surface area contributed by atoms with Crippen molar-refractivity contribution in [3.8, 4) is 0 Å². The van der Waals surface area contributed by atoms with E-state index in [-0.39, 0.29) is 11.8 Å². The van der Waals surface area contributed by atoms with Gasteiger partial charge in [0.15, 0.2) is 0 Å². The van der Waals surface area contributed by atoms with E-state index in [1.807, 2.05) is 19.9 Å². The smallest absolute Gasteiger partial charge is 0.270 e. The van der Waals surface area contributed by atoms with Crippen molar-refractivity contribution in [3.63, 3.8) is 0 Å². The van der Waals surface area contributed by atoms with E-state index in [4.69, 9.17) is 0 Å². The Morgan fingerprint density at radius 2 is 2.22 bits per heavy atom. The Labute approximate surface area is 122 Å². The van der Waals surface area contributed by atoms with E-state index in [0.29, 0.717) is 10.7 Å². The summed E-state index contributed by atoms with van der Waals surface area (Å²) < 4.78 is 4.85. The average Bonchev–Trinajstić information content (AvgIpc) is 2.81. The first kappa shape index (κ1) is 13.3. The first-order chi connectivity index (χ1) is 8.58. The second-order valence-electron chi connectivity index (χ2n) is 3.96. The summed E-state index contributed by atoms with van der Waals surface area (Å²) in [5.41, 5.74) is 0.725. The summed E-state index contributed by atoms with van der Waals surface area (Å²) >= 11 is 3.27. The van der Waals surface area contributed by atoms with Crippen LogP contribution in [0.5, 0.6) is 0 Å². The number of nitrogens with one attached hydrogen (secondary N) is 1. The molecule has 2 heterocycles. The van der Waals surface area contributed by atoms with Crippen molar-refractivity contribution in [1.29, 1.82) is 0 Å². The Morgan fingerprint density at radius 1 is 1.44 bits per heavy atom. The van der Waals surface area contributed by atoms with E-state index >= 15 is 0 Å². The molecule has 5 nitrogen and oxygen atoms in total. The molecule has 2 aromatic heterocycles. The van der Waals surface area contributed by atoms with Crippen molar-refractivity contribution in [3.05, 3.63) is 32.5 Å². The van der Waals surface area contributed by atoms with Crippen LogP contribution >= 0.6 is 34.1 Å². The number of halogens is 1. The van der Waals surface area contributed by atoms with Crippen LogP contribution < -0.4 is 5.32 Å². The highest BCUT2D eigenvalue weighted by Gasteiger charge is 2.18. The topological polar surface area (TPSA) is 67.8 Å². The summed E-state index contributed by atoms with van der Waals surface area (Å²) in [6, 6.07) is 3.65. The number of hydrogen-bond donors (Lipinski definition) is 1. The SMILES string of the molecule is CC(C)c1nnsc1C(=O)Nc1ccc(I)cn1. The molecule has 1 amide bonds. The lowest BCUT2D eigenvalue weighted by atomic mass is 10.1. The van der Waals surface area contributed by atoms with Crippen LogP contribution in [0.4, 0.5) is 5.82 Å². The lowest BCUT2D eigenvalue weighted by Gasteiger charge is -2.05. The number of carbonyl (C=O) groups is 1. The van der Waals surface area contributed by atoms with E-state index in [1.54, 1.807) is 12.3 Å². The lowest BCUT2D eigenvalue weighted by molar-refractivity contribution is 0.102. The second-order valence-corrected chi connectivity index (χ2v) is 5.96. The van der Waals surface area contributed by atoms with Crippen LogP contribution in [-0.4, -0.2) is 20.5 Å². The van der Waals surface area contributed by atoms with E-state index in [1.165, 1.54) is 0 Å². The van der Waals surface area contributed by atoms with Gasteiger partial charge in [0.1, 0.15) is 10.7 Å².